The molecule has 2 aromatic heterocycles. The lowest BCUT2D eigenvalue weighted by Crippen LogP contribution is -1.91. The van der Waals surface area contributed by atoms with Crippen molar-refractivity contribution in [1.82, 2.24) is 15.2 Å². The Morgan fingerprint density at radius 3 is 3.38 bits per heavy atom. The molecule has 0 aliphatic heterocycles. The summed E-state index contributed by atoms with van der Waals surface area (Å²) in [6.45, 7) is 2.04. The summed E-state index contributed by atoms with van der Waals surface area (Å²) >= 11 is 1.56. The SMILES string of the molecule is CCSc1n[nH]c(N/N=C\c2ccco2)n1. The van der Waals surface area contributed by atoms with Gasteiger partial charge in [0.05, 0.1) is 12.5 Å². The van der Waals surface area contributed by atoms with Crippen LogP contribution in [0.2, 0.25) is 0 Å². The zero-order chi connectivity index (χ0) is 11.2. The summed E-state index contributed by atoms with van der Waals surface area (Å²) in [6.07, 6.45) is 3.15. The first-order valence-electron chi connectivity index (χ1n) is 4.76. The highest BCUT2D eigenvalue weighted by Gasteiger charge is 2.00. The number of hydrogen-bond acceptors (Lipinski definition) is 6. The van der Waals surface area contributed by atoms with Crippen molar-refractivity contribution in [2.45, 2.75) is 12.1 Å². The molecule has 2 rings (SSSR count). The predicted octanol–water partition coefficient (Wildman–Crippen LogP) is 1.96. The second kappa shape index (κ2) is 5.36. The summed E-state index contributed by atoms with van der Waals surface area (Å²) in [5.74, 6) is 2.13. The summed E-state index contributed by atoms with van der Waals surface area (Å²) in [7, 11) is 0. The van der Waals surface area contributed by atoms with Crippen LogP contribution in [0.4, 0.5) is 5.95 Å². The maximum Gasteiger partial charge on any atom is 0.240 e. The highest BCUT2D eigenvalue weighted by Crippen LogP contribution is 2.12. The fourth-order valence-corrected chi connectivity index (χ4v) is 1.54. The molecular formula is C9H11N5OS. The van der Waals surface area contributed by atoms with Gasteiger partial charge in [-0.25, -0.2) is 10.5 Å². The monoisotopic (exact) mass is 237 g/mol. The Morgan fingerprint density at radius 2 is 2.62 bits per heavy atom. The van der Waals surface area contributed by atoms with Gasteiger partial charge in [0.1, 0.15) is 5.76 Å². The number of rotatable bonds is 5. The number of nitrogens with zero attached hydrogens (tertiary/aromatic N) is 3. The lowest BCUT2D eigenvalue weighted by molar-refractivity contribution is 0.560. The maximum absolute atomic E-state index is 5.08. The number of thioether (sulfide) groups is 1. The Balaban J connectivity index is 1.89. The van der Waals surface area contributed by atoms with E-state index in [9.17, 15) is 0 Å². The molecule has 0 atom stereocenters. The van der Waals surface area contributed by atoms with Gasteiger partial charge in [-0.3, -0.25) is 0 Å². The summed E-state index contributed by atoms with van der Waals surface area (Å²) < 4.78 is 5.08. The largest absolute Gasteiger partial charge is 0.463 e. The van der Waals surface area contributed by atoms with Crippen LogP contribution in [0.3, 0.4) is 0 Å². The van der Waals surface area contributed by atoms with Crippen LogP contribution in [0.5, 0.6) is 0 Å². The molecule has 0 radical (unpaired) electrons. The molecule has 0 amide bonds. The van der Waals surface area contributed by atoms with Crippen molar-refractivity contribution in [2.24, 2.45) is 5.10 Å². The Labute approximate surface area is 96.5 Å². The molecule has 0 saturated heterocycles. The van der Waals surface area contributed by atoms with E-state index in [-0.39, 0.29) is 0 Å². The van der Waals surface area contributed by atoms with E-state index in [4.69, 9.17) is 4.42 Å². The van der Waals surface area contributed by atoms with E-state index in [0.29, 0.717) is 16.9 Å². The van der Waals surface area contributed by atoms with Gasteiger partial charge < -0.3 is 4.42 Å². The van der Waals surface area contributed by atoms with Gasteiger partial charge in [-0.1, -0.05) is 18.7 Å². The van der Waals surface area contributed by atoms with E-state index in [1.54, 1.807) is 30.3 Å². The van der Waals surface area contributed by atoms with Gasteiger partial charge in [0.2, 0.25) is 11.1 Å². The van der Waals surface area contributed by atoms with Crippen molar-refractivity contribution < 1.29 is 4.42 Å². The van der Waals surface area contributed by atoms with Crippen LogP contribution in [0.1, 0.15) is 12.7 Å². The highest BCUT2D eigenvalue weighted by molar-refractivity contribution is 7.99. The van der Waals surface area contributed by atoms with Crippen molar-refractivity contribution in [3.05, 3.63) is 24.2 Å². The van der Waals surface area contributed by atoms with Crippen LogP contribution in [0, 0.1) is 0 Å². The molecule has 2 N–H and O–H groups in total. The van der Waals surface area contributed by atoms with Gasteiger partial charge in [-0.15, -0.1) is 5.10 Å². The molecule has 0 aliphatic rings. The van der Waals surface area contributed by atoms with Crippen molar-refractivity contribution >= 4 is 23.9 Å². The van der Waals surface area contributed by atoms with E-state index in [1.807, 2.05) is 13.0 Å². The van der Waals surface area contributed by atoms with Crippen LogP contribution >= 0.6 is 11.8 Å². The molecule has 0 fully saturated rings. The third-order valence-corrected chi connectivity index (χ3v) is 2.37. The van der Waals surface area contributed by atoms with Crippen LogP contribution < -0.4 is 5.43 Å². The van der Waals surface area contributed by atoms with Gasteiger partial charge in [-0.2, -0.15) is 10.1 Å². The van der Waals surface area contributed by atoms with E-state index >= 15 is 0 Å². The summed E-state index contributed by atoms with van der Waals surface area (Å²) in [5, 5.41) is 11.4. The van der Waals surface area contributed by atoms with Gasteiger partial charge >= 0.3 is 0 Å². The second-order valence-corrected chi connectivity index (χ2v) is 4.02. The van der Waals surface area contributed by atoms with Crippen LogP contribution in [-0.2, 0) is 0 Å². The number of aromatic amines is 1. The normalized spacial score (nSPS) is 11.1. The zero-order valence-electron chi connectivity index (χ0n) is 8.67. The Hall–Kier alpha value is -1.76. The number of nitrogens with one attached hydrogen (secondary N) is 2. The standard InChI is InChI=1S/C9H11N5OS/c1-2-16-9-11-8(13-14-9)12-10-6-7-4-3-5-15-7/h3-6H,2H2,1H3,(H2,11,12,13,14)/b10-6-. The average molecular weight is 237 g/mol. The molecule has 0 saturated carbocycles. The second-order valence-electron chi connectivity index (χ2n) is 2.79. The molecule has 0 unspecified atom stereocenters. The van der Waals surface area contributed by atoms with Crippen molar-refractivity contribution in [2.75, 3.05) is 11.2 Å². The molecule has 0 aromatic carbocycles. The number of furan rings is 1. The molecule has 84 valence electrons. The van der Waals surface area contributed by atoms with Crippen molar-refractivity contribution in [3.63, 3.8) is 0 Å². The number of aromatic nitrogens is 3. The third-order valence-electron chi connectivity index (χ3n) is 1.64. The van der Waals surface area contributed by atoms with E-state index in [1.165, 1.54) is 0 Å². The first kappa shape index (κ1) is 10.7. The molecule has 0 aliphatic carbocycles. The first-order valence-corrected chi connectivity index (χ1v) is 5.75. The van der Waals surface area contributed by atoms with E-state index < -0.39 is 0 Å². The molecule has 2 aromatic rings. The Morgan fingerprint density at radius 1 is 1.69 bits per heavy atom. The molecule has 0 bridgehead atoms. The van der Waals surface area contributed by atoms with Crippen LogP contribution in [-0.4, -0.2) is 27.1 Å². The minimum Gasteiger partial charge on any atom is -0.463 e. The highest BCUT2D eigenvalue weighted by atomic mass is 32.2. The molecule has 2 heterocycles. The third kappa shape index (κ3) is 2.86. The zero-order valence-corrected chi connectivity index (χ0v) is 9.49. The van der Waals surface area contributed by atoms with Crippen molar-refractivity contribution in [3.8, 4) is 0 Å². The van der Waals surface area contributed by atoms with Crippen LogP contribution in [0.15, 0.2) is 33.1 Å². The van der Waals surface area contributed by atoms with Gasteiger partial charge in [-0.05, 0) is 17.9 Å². The molecule has 16 heavy (non-hydrogen) atoms. The Bertz CT molecular complexity index is 450. The van der Waals surface area contributed by atoms with Crippen molar-refractivity contribution in [1.29, 1.82) is 0 Å². The van der Waals surface area contributed by atoms with Gasteiger partial charge in [0.25, 0.3) is 0 Å². The fraction of sp³-hybridized carbons (Fsp3) is 0.222. The molecule has 6 nitrogen and oxygen atoms in total. The summed E-state index contributed by atoms with van der Waals surface area (Å²) in [4.78, 5) is 4.16. The number of H-pyrrole nitrogens is 1. The minimum absolute atomic E-state index is 0.513. The molecule has 7 heteroatoms. The van der Waals surface area contributed by atoms with Crippen LogP contribution in [0.25, 0.3) is 0 Å². The van der Waals surface area contributed by atoms with E-state index in [0.717, 1.165) is 5.75 Å². The fourth-order valence-electron chi connectivity index (χ4n) is 1.01. The lowest BCUT2D eigenvalue weighted by Gasteiger charge is -1.90. The smallest absolute Gasteiger partial charge is 0.240 e. The topological polar surface area (TPSA) is 79.1 Å². The summed E-state index contributed by atoms with van der Waals surface area (Å²) in [6, 6.07) is 3.61. The summed E-state index contributed by atoms with van der Waals surface area (Å²) in [5.41, 5.74) is 2.73. The minimum atomic E-state index is 0.513. The maximum atomic E-state index is 5.08. The van der Waals surface area contributed by atoms with E-state index in [2.05, 4.69) is 25.7 Å². The quantitative estimate of drug-likeness (QED) is 0.472. The Kier molecular flexibility index (Phi) is 3.60. The molecule has 0 spiro atoms. The van der Waals surface area contributed by atoms with Gasteiger partial charge in [0, 0.05) is 0 Å². The molecular weight excluding hydrogens is 226 g/mol. The predicted molar refractivity (Wildman–Crippen MR) is 62.7 cm³/mol. The lowest BCUT2D eigenvalue weighted by atomic mass is 10.5. The first-order chi connectivity index (χ1) is 7.88. The average Bonchev–Trinajstić information content (AvgIpc) is 2.90. The number of hydrazone groups is 1. The van der Waals surface area contributed by atoms with Gasteiger partial charge in [0.15, 0.2) is 0 Å². The number of hydrogen-bond donors (Lipinski definition) is 2. The number of anilines is 1.